The molecule has 128 valence electrons. The van der Waals surface area contributed by atoms with Crippen LogP contribution in [0.3, 0.4) is 0 Å². The van der Waals surface area contributed by atoms with Crippen LogP contribution >= 0.6 is 11.8 Å². The monoisotopic (exact) mass is 345 g/mol. The molecule has 0 aliphatic heterocycles. The summed E-state index contributed by atoms with van der Waals surface area (Å²) in [5.41, 5.74) is 2.22. The molecule has 2 N–H and O–H groups in total. The molecule has 5 nitrogen and oxygen atoms in total. The number of hydrogen-bond acceptors (Lipinski definition) is 5. The van der Waals surface area contributed by atoms with E-state index < -0.39 is 0 Å². The predicted octanol–water partition coefficient (Wildman–Crippen LogP) is 4.01. The lowest BCUT2D eigenvalue weighted by atomic mass is 10.1. The van der Waals surface area contributed by atoms with Gasteiger partial charge < -0.3 is 10.1 Å². The number of thioether (sulfide) groups is 1. The summed E-state index contributed by atoms with van der Waals surface area (Å²) in [6, 6.07) is 7.99. The number of benzene rings is 1. The van der Waals surface area contributed by atoms with Crippen LogP contribution in [0.5, 0.6) is 5.88 Å². The van der Waals surface area contributed by atoms with Gasteiger partial charge in [-0.15, -0.1) is 0 Å². The van der Waals surface area contributed by atoms with E-state index in [2.05, 4.69) is 21.9 Å². The average molecular weight is 345 g/mol. The molecule has 2 rings (SSSR count). The topological polar surface area (TPSA) is 78.3 Å². The second-order valence-electron chi connectivity index (χ2n) is 5.56. The first-order valence-electron chi connectivity index (χ1n) is 8.14. The Bertz CT molecular complexity index is 739. The van der Waals surface area contributed by atoms with E-state index in [1.165, 1.54) is 17.3 Å². The van der Waals surface area contributed by atoms with E-state index in [0.717, 1.165) is 30.7 Å². The van der Waals surface area contributed by atoms with E-state index in [1.807, 2.05) is 37.4 Å². The van der Waals surface area contributed by atoms with Gasteiger partial charge in [0, 0.05) is 12.0 Å². The van der Waals surface area contributed by atoms with Crippen LogP contribution in [0, 0.1) is 6.92 Å². The van der Waals surface area contributed by atoms with Crippen LogP contribution in [0.25, 0.3) is 0 Å². The van der Waals surface area contributed by atoms with Crippen molar-refractivity contribution < 1.29 is 5.11 Å². The molecule has 24 heavy (non-hydrogen) atoms. The molecule has 0 aliphatic rings. The van der Waals surface area contributed by atoms with Crippen molar-refractivity contribution in [1.29, 1.82) is 0 Å². The van der Waals surface area contributed by atoms with Gasteiger partial charge >= 0.3 is 0 Å². The number of nitrogens with one attached hydrogen (secondary N) is 1. The first-order valence-corrected chi connectivity index (χ1v) is 9.13. The van der Waals surface area contributed by atoms with Gasteiger partial charge in [-0.1, -0.05) is 36.4 Å². The van der Waals surface area contributed by atoms with E-state index in [-0.39, 0.29) is 11.4 Å². The molecule has 2 aromatic rings. The van der Waals surface area contributed by atoms with Crippen LogP contribution < -0.4 is 5.56 Å². The van der Waals surface area contributed by atoms with Gasteiger partial charge in [0.25, 0.3) is 5.56 Å². The van der Waals surface area contributed by atoms with Gasteiger partial charge in [0.1, 0.15) is 0 Å². The summed E-state index contributed by atoms with van der Waals surface area (Å²) in [6.45, 7) is 4.09. The Kier molecular flexibility index (Phi) is 7.06. The Morgan fingerprint density at radius 3 is 2.75 bits per heavy atom. The third kappa shape index (κ3) is 5.53. The van der Waals surface area contributed by atoms with Gasteiger partial charge in [-0.3, -0.25) is 9.79 Å². The number of aromatic amines is 1. The number of aromatic hydroxyl groups is 1. The Morgan fingerprint density at radius 2 is 2.08 bits per heavy atom. The van der Waals surface area contributed by atoms with Crippen LogP contribution in [0.1, 0.15) is 37.3 Å². The lowest BCUT2D eigenvalue weighted by molar-refractivity contribution is 0.435. The predicted molar refractivity (Wildman–Crippen MR) is 99.8 cm³/mol. The van der Waals surface area contributed by atoms with E-state index in [9.17, 15) is 9.90 Å². The van der Waals surface area contributed by atoms with E-state index >= 15 is 0 Å². The number of unbranched alkanes of at least 4 members (excludes halogenated alkanes) is 1. The molecular formula is C18H23N3O2S. The highest BCUT2D eigenvalue weighted by atomic mass is 32.2. The van der Waals surface area contributed by atoms with Crippen LogP contribution in [-0.4, -0.2) is 27.0 Å². The van der Waals surface area contributed by atoms with Crippen LogP contribution in [-0.2, 0) is 6.42 Å². The number of aliphatic imine (C=N–C) groups is 1. The van der Waals surface area contributed by atoms with Crippen molar-refractivity contribution in [3.8, 4) is 5.88 Å². The minimum Gasteiger partial charge on any atom is -0.493 e. The SMILES string of the molecule is CCCSc1nc(O)c(CCCC=Nc2ccc(C)cc2)c(=O)[nH]1. The van der Waals surface area contributed by atoms with Crippen molar-refractivity contribution in [2.24, 2.45) is 4.99 Å². The molecule has 0 unspecified atom stereocenters. The third-order valence-electron chi connectivity index (χ3n) is 3.45. The first-order chi connectivity index (χ1) is 11.6. The first kappa shape index (κ1) is 18.3. The van der Waals surface area contributed by atoms with Crippen molar-refractivity contribution in [3.05, 3.63) is 45.7 Å². The third-order valence-corrected chi connectivity index (χ3v) is 4.53. The van der Waals surface area contributed by atoms with Gasteiger partial charge in [0.15, 0.2) is 5.16 Å². The molecule has 1 aromatic heterocycles. The Hall–Kier alpha value is -2.08. The molecule has 0 radical (unpaired) electrons. The van der Waals surface area contributed by atoms with Crippen LogP contribution in [0.2, 0.25) is 0 Å². The minimum absolute atomic E-state index is 0.159. The van der Waals surface area contributed by atoms with Crippen molar-refractivity contribution in [1.82, 2.24) is 9.97 Å². The molecule has 0 aliphatic carbocycles. The van der Waals surface area contributed by atoms with E-state index in [4.69, 9.17) is 0 Å². The molecule has 1 heterocycles. The number of hydrogen-bond donors (Lipinski definition) is 2. The van der Waals surface area contributed by atoms with Gasteiger partial charge in [-0.25, -0.2) is 0 Å². The molecule has 0 atom stereocenters. The second kappa shape index (κ2) is 9.27. The summed E-state index contributed by atoms with van der Waals surface area (Å²) in [6.07, 6.45) is 4.77. The van der Waals surface area contributed by atoms with Crippen molar-refractivity contribution >= 4 is 23.7 Å². The molecule has 0 saturated heterocycles. The Balaban J connectivity index is 1.87. The quantitative estimate of drug-likeness (QED) is 0.328. The average Bonchev–Trinajstić information content (AvgIpc) is 2.56. The highest BCUT2D eigenvalue weighted by Gasteiger charge is 2.10. The maximum Gasteiger partial charge on any atom is 0.258 e. The Labute approximate surface area is 146 Å². The fourth-order valence-corrected chi connectivity index (χ4v) is 2.84. The van der Waals surface area contributed by atoms with Crippen molar-refractivity contribution in [3.63, 3.8) is 0 Å². The number of aryl methyl sites for hydroxylation is 1. The van der Waals surface area contributed by atoms with Gasteiger partial charge in [-0.2, -0.15) is 4.98 Å². The maximum atomic E-state index is 12.0. The van der Waals surface area contributed by atoms with Crippen LogP contribution in [0.15, 0.2) is 39.2 Å². The number of rotatable bonds is 8. The van der Waals surface area contributed by atoms with E-state index in [0.29, 0.717) is 17.1 Å². The largest absolute Gasteiger partial charge is 0.493 e. The number of aromatic nitrogens is 2. The van der Waals surface area contributed by atoms with Crippen molar-refractivity contribution in [2.75, 3.05) is 5.75 Å². The zero-order chi connectivity index (χ0) is 17.4. The Morgan fingerprint density at radius 1 is 1.33 bits per heavy atom. The van der Waals surface area contributed by atoms with E-state index in [1.54, 1.807) is 0 Å². The second-order valence-corrected chi connectivity index (χ2v) is 6.64. The fraction of sp³-hybridized carbons (Fsp3) is 0.389. The summed E-state index contributed by atoms with van der Waals surface area (Å²) in [5, 5.41) is 10.4. The van der Waals surface area contributed by atoms with Crippen LogP contribution in [0.4, 0.5) is 5.69 Å². The summed E-state index contributed by atoms with van der Waals surface area (Å²) >= 11 is 1.44. The highest BCUT2D eigenvalue weighted by molar-refractivity contribution is 7.99. The molecule has 0 saturated carbocycles. The van der Waals surface area contributed by atoms with Gasteiger partial charge in [0.05, 0.1) is 11.3 Å². The lowest BCUT2D eigenvalue weighted by Gasteiger charge is -2.04. The molecular weight excluding hydrogens is 322 g/mol. The summed E-state index contributed by atoms with van der Waals surface area (Å²) < 4.78 is 0. The minimum atomic E-state index is -0.253. The maximum absolute atomic E-state index is 12.0. The fourth-order valence-electron chi connectivity index (χ4n) is 2.13. The summed E-state index contributed by atoms with van der Waals surface area (Å²) in [5.74, 6) is 0.699. The lowest BCUT2D eigenvalue weighted by Crippen LogP contribution is -2.15. The zero-order valence-electron chi connectivity index (χ0n) is 14.1. The highest BCUT2D eigenvalue weighted by Crippen LogP contribution is 2.18. The normalized spacial score (nSPS) is 11.2. The number of H-pyrrole nitrogens is 1. The molecule has 1 aromatic carbocycles. The smallest absolute Gasteiger partial charge is 0.258 e. The molecule has 0 amide bonds. The number of nitrogens with zero attached hydrogens (tertiary/aromatic N) is 2. The van der Waals surface area contributed by atoms with Gasteiger partial charge in [0.2, 0.25) is 5.88 Å². The van der Waals surface area contributed by atoms with Crippen molar-refractivity contribution in [2.45, 2.75) is 44.7 Å². The van der Waals surface area contributed by atoms with Gasteiger partial charge in [-0.05, 0) is 44.7 Å². The standard InChI is InChI=1S/C18H23N3O2S/c1-3-12-24-18-20-16(22)15(17(23)21-18)6-4-5-11-19-14-9-7-13(2)8-10-14/h7-11H,3-6,12H2,1-2H3,(H2,20,21,22,23). The zero-order valence-corrected chi connectivity index (χ0v) is 14.9. The summed E-state index contributed by atoms with van der Waals surface area (Å²) in [7, 11) is 0. The molecule has 0 bridgehead atoms. The molecule has 0 spiro atoms. The molecule has 6 heteroatoms. The summed E-state index contributed by atoms with van der Waals surface area (Å²) in [4.78, 5) is 23.2. The molecule has 0 fully saturated rings.